The van der Waals surface area contributed by atoms with Gasteiger partial charge in [-0.2, -0.15) is 0 Å². The Morgan fingerprint density at radius 2 is 1.93 bits per heavy atom. The maximum atomic E-state index is 11.5. The van der Waals surface area contributed by atoms with Crippen LogP contribution in [-0.4, -0.2) is 18.9 Å². The summed E-state index contributed by atoms with van der Waals surface area (Å²) in [5.74, 6) is -0.189. The van der Waals surface area contributed by atoms with Crippen LogP contribution in [0, 0.1) is 6.92 Å². The number of hydrogen-bond acceptors (Lipinski definition) is 3. The SMILES string of the molecule is COC(=O)c1ccc(C)c2c1CC(=O)C2. The van der Waals surface area contributed by atoms with E-state index in [0.29, 0.717) is 18.4 Å². The highest BCUT2D eigenvalue weighted by molar-refractivity contribution is 5.97. The number of ketones is 1. The van der Waals surface area contributed by atoms with Gasteiger partial charge in [-0.3, -0.25) is 4.79 Å². The van der Waals surface area contributed by atoms with Gasteiger partial charge in [-0.25, -0.2) is 4.79 Å². The first-order valence-electron chi connectivity index (χ1n) is 4.85. The molecule has 0 fully saturated rings. The first-order chi connectivity index (χ1) is 7.13. The van der Waals surface area contributed by atoms with Gasteiger partial charge in [0.25, 0.3) is 0 Å². The molecule has 0 unspecified atom stereocenters. The molecule has 78 valence electrons. The van der Waals surface area contributed by atoms with Crippen LogP contribution in [0.1, 0.15) is 27.0 Å². The fourth-order valence-corrected chi connectivity index (χ4v) is 2.02. The monoisotopic (exact) mass is 204 g/mol. The average Bonchev–Trinajstić information content (AvgIpc) is 2.60. The number of aryl methyl sites for hydroxylation is 1. The highest BCUT2D eigenvalue weighted by Gasteiger charge is 2.25. The van der Waals surface area contributed by atoms with Gasteiger partial charge in [0.2, 0.25) is 0 Å². The van der Waals surface area contributed by atoms with Crippen molar-refractivity contribution in [2.24, 2.45) is 0 Å². The van der Waals surface area contributed by atoms with Crippen molar-refractivity contribution in [3.63, 3.8) is 0 Å². The molecule has 1 aliphatic carbocycles. The van der Waals surface area contributed by atoms with Gasteiger partial charge in [-0.1, -0.05) is 6.07 Å². The summed E-state index contributed by atoms with van der Waals surface area (Å²) in [7, 11) is 1.35. The minimum absolute atomic E-state index is 0.171. The molecule has 2 rings (SSSR count). The molecule has 3 nitrogen and oxygen atoms in total. The predicted molar refractivity (Wildman–Crippen MR) is 54.9 cm³/mol. The van der Waals surface area contributed by atoms with Gasteiger partial charge in [0.05, 0.1) is 12.7 Å². The molecule has 0 bridgehead atoms. The quantitative estimate of drug-likeness (QED) is 0.650. The second kappa shape index (κ2) is 3.50. The van der Waals surface area contributed by atoms with E-state index in [1.807, 2.05) is 13.0 Å². The van der Waals surface area contributed by atoms with Gasteiger partial charge < -0.3 is 4.74 Å². The molecule has 0 spiro atoms. The Bertz CT molecular complexity index is 446. The summed E-state index contributed by atoms with van der Waals surface area (Å²) in [6.45, 7) is 1.96. The Morgan fingerprint density at radius 1 is 1.27 bits per heavy atom. The molecule has 0 aliphatic heterocycles. The standard InChI is InChI=1S/C12H12O3/c1-7-3-4-9(12(14)15-2)11-6-8(13)5-10(7)11/h3-4H,5-6H2,1-2H3. The molecular weight excluding hydrogens is 192 g/mol. The van der Waals surface area contributed by atoms with Crippen LogP contribution in [0.3, 0.4) is 0 Å². The summed E-state index contributed by atoms with van der Waals surface area (Å²) in [5.41, 5.74) is 3.46. The number of carbonyl (C=O) groups is 2. The summed E-state index contributed by atoms with van der Waals surface area (Å²) in [5, 5.41) is 0. The number of methoxy groups -OCH3 is 1. The van der Waals surface area contributed by atoms with E-state index in [-0.39, 0.29) is 11.8 Å². The van der Waals surface area contributed by atoms with Crippen LogP contribution < -0.4 is 0 Å². The summed E-state index contributed by atoms with van der Waals surface area (Å²) in [6, 6.07) is 3.60. The van der Waals surface area contributed by atoms with Crippen LogP contribution >= 0.6 is 0 Å². The largest absolute Gasteiger partial charge is 0.465 e. The van der Waals surface area contributed by atoms with Crippen molar-refractivity contribution in [1.82, 2.24) is 0 Å². The number of Topliss-reactive ketones (excluding diaryl/α,β-unsaturated/α-hetero) is 1. The summed E-state index contributed by atoms with van der Waals surface area (Å²) in [4.78, 5) is 22.8. The lowest BCUT2D eigenvalue weighted by atomic mass is 9.99. The van der Waals surface area contributed by atoms with Crippen molar-refractivity contribution in [2.45, 2.75) is 19.8 Å². The summed E-state index contributed by atoms with van der Waals surface area (Å²) < 4.78 is 4.69. The molecule has 0 aromatic heterocycles. The zero-order valence-corrected chi connectivity index (χ0v) is 8.79. The van der Waals surface area contributed by atoms with E-state index < -0.39 is 0 Å². The van der Waals surface area contributed by atoms with Crippen molar-refractivity contribution in [1.29, 1.82) is 0 Å². The van der Waals surface area contributed by atoms with Crippen LogP contribution in [0.4, 0.5) is 0 Å². The average molecular weight is 204 g/mol. The van der Waals surface area contributed by atoms with Gasteiger partial charge in [0, 0.05) is 12.8 Å². The van der Waals surface area contributed by atoms with Crippen molar-refractivity contribution in [3.8, 4) is 0 Å². The minimum atomic E-state index is -0.360. The Labute approximate surface area is 88.1 Å². The third-order valence-corrected chi connectivity index (χ3v) is 2.82. The van der Waals surface area contributed by atoms with Crippen molar-refractivity contribution in [3.05, 3.63) is 34.4 Å². The zero-order valence-electron chi connectivity index (χ0n) is 8.79. The number of rotatable bonds is 1. The number of ether oxygens (including phenoxy) is 1. The molecule has 0 amide bonds. The number of carbonyl (C=O) groups excluding carboxylic acids is 2. The van der Waals surface area contributed by atoms with Crippen molar-refractivity contribution in [2.75, 3.05) is 7.11 Å². The lowest BCUT2D eigenvalue weighted by Crippen LogP contribution is -2.06. The van der Waals surface area contributed by atoms with Crippen LogP contribution in [0.2, 0.25) is 0 Å². The lowest BCUT2D eigenvalue weighted by molar-refractivity contribution is -0.117. The van der Waals surface area contributed by atoms with E-state index in [0.717, 1.165) is 16.7 Å². The van der Waals surface area contributed by atoms with Gasteiger partial charge in [0.15, 0.2) is 0 Å². The molecule has 1 aliphatic rings. The number of esters is 1. The topological polar surface area (TPSA) is 43.4 Å². The van der Waals surface area contributed by atoms with E-state index in [1.54, 1.807) is 6.07 Å². The Hall–Kier alpha value is -1.64. The molecule has 0 saturated carbocycles. The Morgan fingerprint density at radius 3 is 2.60 bits per heavy atom. The molecular formula is C12H12O3. The van der Waals surface area contributed by atoms with Gasteiger partial charge in [0.1, 0.15) is 5.78 Å². The molecule has 15 heavy (non-hydrogen) atoms. The third-order valence-electron chi connectivity index (χ3n) is 2.82. The van der Waals surface area contributed by atoms with Crippen molar-refractivity contribution < 1.29 is 14.3 Å². The molecule has 0 radical (unpaired) electrons. The maximum absolute atomic E-state index is 11.5. The summed E-state index contributed by atoms with van der Waals surface area (Å²) in [6.07, 6.45) is 0.813. The van der Waals surface area contributed by atoms with E-state index in [4.69, 9.17) is 0 Å². The molecule has 1 aromatic rings. The fourth-order valence-electron chi connectivity index (χ4n) is 2.02. The lowest BCUT2D eigenvalue weighted by Gasteiger charge is -2.07. The molecule has 0 saturated heterocycles. The second-order valence-electron chi connectivity index (χ2n) is 3.77. The van der Waals surface area contributed by atoms with Crippen LogP contribution in [0.15, 0.2) is 12.1 Å². The molecule has 3 heteroatoms. The smallest absolute Gasteiger partial charge is 0.338 e. The van der Waals surface area contributed by atoms with Crippen LogP contribution in [-0.2, 0) is 22.4 Å². The van der Waals surface area contributed by atoms with E-state index in [1.165, 1.54) is 7.11 Å². The van der Waals surface area contributed by atoms with E-state index in [9.17, 15) is 9.59 Å². The first kappa shape index (κ1) is 9.90. The fraction of sp³-hybridized carbons (Fsp3) is 0.333. The maximum Gasteiger partial charge on any atom is 0.338 e. The van der Waals surface area contributed by atoms with Crippen molar-refractivity contribution >= 4 is 11.8 Å². The van der Waals surface area contributed by atoms with E-state index >= 15 is 0 Å². The highest BCUT2D eigenvalue weighted by atomic mass is 16.5. The Balaban J connectivity index is 2.57. The zero-order chi connectivity index (χ0) is 11.0. The predicted octanol–water partition coefficient (Wildman–Crippen LogP) is 1.45. The van der Waals surface area contributed by atoms with Gasteiger partial charge >= 0.3 is 5.97 Å². The highest BCUT2D eigenvalue weighted by Crippen LogP contribution is 2.26. The van der Waals surface area contributed by atoms with Gasteiger partial charge in [-0.15, -0.1) is 0 Å². The van der Waals surface area contributed by atoms with Crippen LogP contribution in [0.25, 0.3) is 0 Å². The number of fused-ring (bicyclic) bond motifs is 1. The molecule has 0 N–H and O–H groups in total. The first-order valence-corrected chi connectivity index (χ1v) is 4.85. The normalized spacial score (nSPS) is 13.9. The third kappa shape index (κ3) is 1.54. The number of benzene rings is 1. The Kier molecular flexibility index (Phi) is 2.31. The molecule has 0 atom stereocenters. The molecule has 1 aromatic carbocycles. The number of hydrogen-bond donors (Lipinski definition) is 0. The van der Waals surface area contributed by atoms with E-state index in [2.05, 4.69) is 4.74 Å². The molecule has 0 heterocycles. The van der Waals surface area contributed by atoms with Gasteiger partial charge in [-0.05, 0) is 29.7 Å². The minimum Gasteiger partial charge on any atom is -0.465 e. The second-order valence-corrected chi connectivity index (χ2v) is 3.77. The summed E-state index contributed by atoms with van der Waals surface area (Å²) >= 11 is 0. The van der Waals surface area contributed by atoms with Crippen LogP contribution in [0.5, 0.6) is 0 Å².